The normalized spacial score (nSPS) is 18.9. The number of alkyl halides is 1. The fourth-order valence-electron chi connectivity index (χ4n) is 2.65. The summed E-state index contributed by atoms with van der Waals surface area (Å²) in [6.45, 7) is 2.79. The van der Waals surface area contributed by atoms with Gasteiger partial charge in [0, 0.05) is 24.0 Å². The zero-order valence-corrected chi connectivity index (χ0v) is 12.9. The van der Waals surface area contributed by atoms with Gasteiger partial charge in [-0.05, 0) is 37.0 Å². The van der Waals surface area contributed by atoms with Crippen molar-refractivity contribution in [3.05, 3.63) is 23.8 Å². The van der Waals surface area contributed by atoms with Crippen LogP contribution in [0.25, 0.3) is 0 Å². The third-order valence-corrected chi connectivity index (χ3v) is 4.82. The first-order valence-electron chi connectivity index (χ1n) is 7.03. The van der Waals surface area contributed by atoms with Gasteiger partial charge in [-0.25, -0.2) is 0 Å². The number of nitrogens with zero attached hydrogens (tertiary/aromatic N) is 1. The highest BCUT2D eigenvalue weighted by Gasteiger charge is 2.24. The average molecular weight is 340 g/mol. The quantitative estimate of drug-likeness (QED) is 0.777. The Labute approximate surface area is 127 Å². The second kappa shape index (κ2) is 6.04. The predicted octanol–water partition coefficient (Wildman–Crippen LogP) is 2.70. The largest absolute Gasteiger partial charge is 0.486 e. The molecule has 0 aromatic heterocycles. The fourth-order valence-corrected chi connectivity index (χ4v) is 3.30. The molecule has 4 nitrogen and oxygen atoms in total. The van der Waals surface area contributed by atoms with Crippen molar-refractivity contribution in [2.75, 3.05) is 31.6 Å². The third-order valence-electron chi connectivity index (χ3n) is 3.91. The van der Waals surface area contributed by atoms with Gasteiger partial charge in [-0.1, -0.05) is 15.9 Å². The molecule has 1 aromatic rings. The number of carbonyl (C=O) groups is 1. The highest BCUT2D eigenvalue weighted by Crippen LogP contribution is 2.31. The van der Waals surface area contributed by atoms with E-state index in [1.165, 1.54) is 0 Å². The van der Waals surface area contributed by atoms with Gasteiger partial charge in [0.25, 0.3) is 5.91 Å². The molecule has 20 heavy (non-hydrogen) atoms. The van der Waals surface area contributed by atoms with E-state index in [9.17, 15) is 4.79 Å². The monoisotopic (exact) mass is 339 g/mol. The Morgan fingerprint density at radius 1 is 1.20 bits per heavy atom. The molecule has 1 aromatic carbocycles. The summed E-state index contributed by atoms with van der Waals surface area (Å²) in [5.74, 6) is 2.19. The van der Waals surface area contributed by atoms with E-state index in [4.69, 9.17) is 9.47 Å². The Hall–Kier alpha value is -1.23. The van der Waals surface area contributed by atoms with Gasteiger partial charge in [0.15, 0.2) is 11.5 Å². The molecule has 2 aliphatic rings. The molecule has 3 rings (SSSR count). The number of amides is 1. The van der Waals surface area contributed by atoms with Gasteiger partial charge >= 0.3 is 0 Å². The molecule has 0 atom stereocenters. The van der Waals surface area contributed by atoms with E-state index in [1.807, 2.05) is 17.0 Å². The van der Waals surface area contributed by atoms with E-state index < -0.39 is 0 Å². The van der Waals surface area contributed by atoms with Crippen molar-refractivity contribution >= 4 is 21.8 Å². The molecule has 0 radical (unpaired) electrons. The smallest absolute Gasteiger partial charge is 0.253 e. The highest BCUT2D eigenvalue weighted by atomic mass is 79.9. The number of benzene rings is 1. The van der Waals surface area contributed by atoms with Gasteiger partial charge in [-0.2, -0.15) is 0 Å². The average Bonchev–Trinajstić information content (AvgIpc) is 2.54. The molecule has 1 amide bonds. The Bertz CT molecular complexity index is 498. The van der Waals surface area contributed by atoms with Crippen molar-refractivity contribution in [2.24, 2.45) is 5.92 Å². The molecule has 0 saturated carbocycles. The molecule has 2 heterocycles. The van der Waals surface area contributed by atoms with E-state index in [1.54, 1.807) is 6.07 Å². The number of carbonyl (C=O) groups excluding carboxylic acids is 1. The van der Waals surface area contributed by atoms with Crippen molar-refractivity contribution in [1.29, 1.82) is 0 Å². The molecule has 5 heteroatoms. The molecular weight excluding hydrogens is 322 g/mol. The van der Waals surface area contributed by atoms with Crippen LogP contribution in [0.15, 0.2) is 18.2 Å². The van der Waals surface area contributed by atoms with E-state index >= 15 is 0 Å². The molecular formula is C15H18BrNO3. The molecule has 2 aliphatic heterocycles. The SMILES string of the molecule is O=C(c1ccc2c(c1)OCCO2)N1CCC(CBr)CC1. The lowest BCUT2D eigenvalue weighted by atomic mass is 9.98. The van der Waals surface area contributed by atoms with Crippen LogP contribution in [0.2, 0.25) is 0 Å². The highest BCUT2D eigenvalue weighted by molar-refractivity contribution is 9.09. The number of ether oxygens (including phenoxy) is 2. The van der Waals surface area contributed by atoms with Gasteiger partial charge in [-0.15, -0.1) is 0 Å². The Balaban J connectivity index is 1.71. The Kier molecular flexibility index (Phi) is 4.15. The second-order valence-electron chi connectivity index (χ2n) is 5.25. The van der Waals surface area contributed by atoms with E-state index in [0.29, 0.717) is 30.4 Å². The second-order valence-corrected chi connectivity index (χ2v) is 5.90. The van der Waals surface area contributed by atoms with Crippen LogP contribution in [-0.4, -0.2) is 42.4 Å². The minimum absolute atomic E-state index is 0.0926. The van der Waals surface area contributed by atoms with E-state index in [-0.39, 0.29) is 5.91 Å². The third kappa shape index (κ3) is 2.77. The Morgan fingerprint density at radius 2 is 1.90 bits per heavy atom. The molecule has 0 bridgehead atoms. The first kappa shape index (κ1) is 13.7. The number of rotatable bonds is 2. The minimum atomic E-state index is 0.0926. The first-order chi connectivity index (χ1) is 9.78. The van der Waals surface area contributed by atoms with Crippen molar-refractivity contribution in [1.82, 2.24) is 4.90 Å². The lowest BCUT2D eigenvalue weighted by molar-refractivity contribution is 0.0698. The van der Waals surface area contributed by atoms with Crippen molar-refractivity contribution in [3.8, 4) is 11.5 Å². The first-order valence-corrected chi connectivity index (χ1v) is 8.15. The molecule has 0 aliphatic carbocycles. The Morgan fingerprint density at radius 3 is 2.60 bits per heavy atom. The molecule has 108 valence electrons. The summed E-state index contributed by atoms with van der Waals surface area (Å²) in [7, 11) is 0. The number of hydrogen-bond donors (Lipinski definition) is 0. The number of hydrogen-bond acceptors (Lipinski definition) is 3. The maximum atomic E-state index is 12.5. The van der Waals surface area contributed by atoms with Crippen LogP contribution >= 0.6 is 15.9 Å². The lowest BCUT2D eigenvalue weighted by Gasteiger charge is -2.31. The summed E-state index contributed by atoms with van der Waals surface area (Å²) in [6, 6.07) is 5.45. The van der Waals surface area contributed by atoms with Gasteiger partial charge in [0.1, 0.15) is 13.2 Å². The maximum Gasteiger partial charge on any atom is 0.253 e. The molecule has 0 N–H and O–H groups in total. The zero-order chi connectivity index (χ0) is 13.9. The number of piperidine rings is 1. The van der Waals surface area contributed by atoms with Crippen molar-refractivity contribution in [2.45, 2.75) is 12.8 Å². The fraction of sp³-hybridized carbons (Fsp3) is 0.533. The zero-order valence-electron chi connectivity index (χ0n) is 11.3. The molecule has 0 spiro atoms. The van der Waals surface area contributed by atoms with Gasteiger partial charge in [-0.3, -0.25) is 4.79 Å². The summed E-state index contributed by atoms with van der Waals surface area (Å²) in [5.41, 5.74) is 0.687. The van der Waals surface area contributed by atoms with Crippen LogP contribution in [0.5, 0.6) is 11.5 Å². The molecule has 1 saturated heterocycles. The predicted molar refractivity (Wildman–Crippen MR) is 79.9 cm³/mol. The summed E-state index contributed by atoms with van der Waals surface area (Å²) in [6.07, 6.45) is 2.14. The minimum Gasteiger partial charge on any atom is -0.486 e. The number of fused-ring (bicyclic) bond motifs is 1. The van der Waals surface area contributed by atoms with Crippen molar-refractivity contribution < 1.29 is 14.3 Å². The van der Waals surface area contributed by atoms with Crippen LogP contribution in [0.4, 0.5) is 0 Å². The van der Waals surface area contributed by atoms with Crippen LogP contribution in [0.1, 0.15) is 23.2 Å². The van der Waals surface area contributed by atoms with E-state index in [0.717, 1.165) is 37.0 Å². The van der Waals surface area contributed by atoms with Gasteiger partial charge in [0.05, 0.1) is 0 Å². The standard InChI is InChI=1S/C15H18BrNO3/c16-10-11-3-5-17(6-4-11)15(18)12-1-2-13-14(9-12)20-8-7-19-13/h1-2,9,11H,3-8,10H2. The summed E-state index contributed by atoms with van der Waals surface area (Å²) in [5, 5.41) is 1.03. The van der Waals surface area contributed by atoms with Gasteiger partial charge in [0.2, 0.25) is 0 Å². The van der Waals surface area contributed by atoms with Crippen LogP contribution in [0, 0.1) is 5.92 Å². The van der Waals surface area contributed by atoms with Gasteiger partial charge < -0.3 is 14.4 Å². The summed E-state index contributed by atoms with van der Waals surface area (Å²) < 4.78 is 11.0. The van der Waals surface area contributed by atoms with Crippen LogP contribution in [-0.2, 0) is 0 Å². The summed E-state index contributed by atoms with van der Waals surface area (Å²) in [4.78, 5) is 14.4. The van der Waals surface area contributed by atoms with Crippen molar-refractivity contribution in [3.63, 3.8) is 0 Å². The molecule has 1 fully saturated rings. The topological polar surface area (TPSA) is 38.8 Å². The molecule has 0 unspecified atom stereocenters. The maximum absolute atomic E-state index is 12.5. The van der Waals surface area contributed by atoms with E-state index in [2.05, 4.69) is 15.9 Å². The number of halogens is 1. The van der Waals surface area contributed by atoms with Crippen LogP contribution in [0.3, 0.4) is 0 Å². The lowest BCUT2D eigenvalue weighted by Crippen LogP contribution is -2.38. The van der Waals surface area contributed by atoms with Crippen LogP contribution < -0.4 is 9.47 Å². The number of likely N-dealkylation sites (tertiary alicyclic amines) is 1. The summed E-state index contributed by atoms with van der Waals surface area (Å²) >= 11 is 3.52.